The lowest BCUT2D eigenvalue weighted by Gasteiger charge is -2.42. The van der Waals surface area contributed by atoms with Crippen LogP contribution >= 0.6 is 28.8 Å². The molecule has 0 spiro atoms. The average Bonchev–Trinajstić information content (AvgIpc) is 3.78. The molecule has 5 atom stereocenters. The molecule has 1 aliphatic carbocycles. The summed E-state index contributed by atoms with van der Waals surface area (Å²) in [5.74, 6) is 0.811. The molecule has 0 heterocycles. The van der Waals surface area contributed by atoms with Crippen molar-refractivity contribution in [1.82, 2.24) is 0 Å². The number of halogens is 1. The number of esters is 1. The Morgan fingerprint density at radius 3 is 1.80 bits per heavy atom. The number of hydrogen-bond acceptors (Lipinski definition) is 2. The van der Waals surface area contributed by atoms with Gasteiger partial charge in [-0.1, -0.05) is 116 Å². The van der Waals surface area contributed by atoms with Gasteiger partial charge in [-0.3, -0.25) is 0 Å². The van der Waals surface area contributed by atoms with Crippen molar-refractivity contribution in [3.8, 4) is 0 Å². The maximum Gasteiger partial charge on any atom is 0.338 e. The first-order chi connectivity index (χ1) is 22.9. The zero-order valence-electron chi connectivity index (χ0n) is 32.4. The van der Waals surface area contributed by atoms with E-state index >= 15 is 0 Å². The van der Waals surface area contributed by atoms with Crippen LogP contribution in [0.15, 0.2) is 72.8 Å². The molecule has 0 radical (unpaired) electrons. The Labute approximate surface area is 310 Å². The highest BCUT2D eigenvalue weighted by Gasteiger charge is 2.73. The molecule has 3 unspecified atom stereocenters. The third-order valence-electron chi connectivity index (χ3n) is 10.5. The highest BCUT2D eigenvalue weighted by molar-refractivity contribution is 9.46. The first-order valence-electron chi connectivity index (χ1n) is 18.8. The van der Waals surface area contributed by atoms with Gasteiger partial charge in [0.25, 0.3) is 0 Å². The Hall–Kier alpha value is -1.31. The molecule has 6 heteroatoms. The van der Waals surface area contributed by atoms with Crippen molar-refractivity contribution in [2.45, 2.75) is 141 Å². The van der Waals surface area contributed by atoms with Crippen molar-refractivity contribution in [3.05, 3.63) is 101 Å². The van der Waals surface area contributed by atoms with Crippen LogP contribution in [-0.2, 0) is 16.6 Å². The van der Waals surface area contributed by atoms with Crippen molar-refractivity contribution < 1.29 is 9.53 Å². The molecule has 3 aromatic carbocycles. The van der Waals surface area contributed by atoms with Gasteiger partial charge in [-0.2, -0.15) is 0 Å². The maximum absolute atomic E-state index is 13.0. The number of ether oxygens (including phenoxy) is 1. The topological polar surface area (TPSA) is 26.3 Å². The first kappa shape index (κ1) is 40.5. The molecule has 4 rings (SSSR count). The van der Waals surface area contributed by atoms with E-state index in [9.17, 15) is 4.79 Å². The summed E-state index contributed by atoms with van der Waals surface area (Å²) in [5, 5.41) is 1.51. The lowest BCUT2D eigenvalue weighted by Crippen LogP contribution is -2.27. The van der Waals surface area contributed by atoms with E-state index in [1.54, 1.807) is 0 Å². The highest BCUT2D eigenvalue weighted by Crippen LogP contribution is 3.00. The molecule has 1 aliphatic rings. The van der Waals surface area contributed by atoms with Gasteiger partial charge in [0.05, 0.1) is 36.1 Å². The average molecular weight is 783 g/mol. The summed E-state index contributed by atoms with van der Waals surface area (Å²) in [7, 11) is -1.26. The van der Waals surface area contributed by atoms with Crippen molar-refractivity contribution in [2.75, 3.05) is 12.8 Å². The quantitative estimate of drug-likeness (QED) is 0.0872. The summed E-state index contributed by atoms with van der Waals surface area (Å²) >= 11 is 4.52. The Morgan fingerprint density at radius 1 is 0.796 bits per heavy atom. The summed E-state index contributed by atoms with van der Waals surface area (Å²) in [4.78, 5) is 13.0. The van der Waals surface area contributed by atoms with Crippen LogP contribution in [0, 0.1) is 0 Å². The molecule has 0 aromatic heterocycles. The highest BCUT2D eigenvalue weighted by atomic mass is 79.9. The van der Waals surface area contributed by atoms with Gasteiger partial charge in [0, 0.05) is 25.2 Å². The van der Waals surface area contributed by atoms with Gasteiger partial charge in [-0.25, -0.2) is 4.79 Å². The van der Waals surface area contributed by atoms with E-state index < -0.39 is 21.3 Å². The zero-order valence-corrected chi connectivity index (χ0v) is 36.8. The second kappa shape index (κ2) is 16.6. The molecule has 268 valence electrons. The van der Waals surface area contributed by atoms with E-state index in [1.165, 1.54) is 59.4 Å². The van der Waals surface area contributed by atoms with Gasteiger partial charge in [0.15, 0.2) is 6.31 Å². The third kappa shape index (κ3) is 9.77. The molecule has 1 saturated carbocycles. The van der Waals surface area contributed by atoms with E-state index in [2.05, 4.69) is 151 Å². The Kier molecular flexibility index (Phi) is 13.7. The number of unbranched alkanes of at least 4 members (excludes halogenated alkanes) is 2. The molecular weight excluding hydrogens is 718 g/mol. The minimum atomic E-state index is -1.69. The molecule has 2 nitrogen and oxygen atoms in total. The minimum absolute atomic E-state index is 0.135. The van der Waals surface area contributed by atoms with Gasteiger partial charge in [-0.15, -0.1) is 0 Å². The molecule has 0 amide bonds. The van der Waals surface area contributed by atoms with Crippen LogP contribution in [-0.4, -0.2) is 37.6 Å². The van der Waals surface area contributed by atoms with Crippen LogP contribution in [0.4, 0.5) is 0 Å². The number of carbonyl (C=O) groups is 1. The Balaban J connectivity index is 1.77. The van der Waals surface area contributed by atoms with Crippen LogP contribution in [0.5, 0.6) is 0 Å². The molecule has 3 aromatic rings. The van der Waals surface area contributed by atoms with Crippen molar-refractivity contribution in [2.24, 2.45) is 0 Å². The molecule has 49 heavy (non-hydrogen) atoms. The summed E-state index contributed by atoms with van der Waals surface area (Å²) in [6.45, 7) is 24.9. The summed E-state index contributed by atoms with van der Waals surface area (Å²) < 4.78 is 5.71. The SMILES string of the molecule is CCCCc1ccc([C@H]2C([P+](CCCC)(P(Br)c3ccc(C(=O)OCC[Si](C)(C)C)cc3)C(C)(C)C)[C@@H]2c2ccc(C(C)(C)C)cc2)cc1. The number of benzene rings is 3. The summed E-state index contributed by atoms with van der Waals surface area (Å²) in [6, 6.07) is 28.9. The standard InChI is InChI=1S/C43H64BrO2P2Si/c1-12-14-16-32-17-19-33(20-18-32)38-39(34-21-25-36(26-22-34)42(3,4)5)40(38)48(30-15-13-2,43(6,7)8)47(44)37-27-23-35(24-28-37)41(45)46-29-31-49(9,10)11/h17-28,38-40H,12-16,29-31H2,1-11H3/q+1/t38-,39-,40?,47?,48?/m1/s1. The van der Waals surface area contributed by atoms with Gasteiger partial charge >= 0.3 is 5.97 Å². The predicted molar refractivity (Wildman–Crippen MR) is 226 cm³/mol. The molecule has 0 aliphatic heterocycles. The normalized spacial score (nSPS) is 20.0. The van der Waals surface area contributed by atoms with Crippen LogP contribution in [0.1, 0.15) is 126 Å². The molecular formula is C43H64BrO2P2Si+. The monoisotopic (exact) mass is 781 g/mol. The van der Waals surface area contributed by atoms with E-state index in [0.717, 1.165) is 12.5 Å². The van der Waals surface area contributed by atoms with Crippen molar-refractivity contribution in [3.63, 3.8) is 0 Å². The van der Waals surface area contributed by atoms with Crippen LogP contribution < -0.4 is 5.30 Å². The van der Waals surface area contributed by atoms with Gasteiger partial charge in [0.1, 0.15) is 0 Å². The summed E-state index contributed by atoms with van der Waals surface area (Å²) in [6.07, 6.45) is 6.69. The zero-order chi connectivity index (χ0) is 36.2. The first-order valence-corrected chi connectivity index (χ1v) is 28.6. The Morgan fingerprint density at radius 2 is 1.33 bits per heavy atom. The summed E-state index contributed by atoms with van der Waals surface area (Å²) in [5.41, 5.74) is 7.25. The smallest absolute Gasteiger partial charge is 0.338 e. The predicted octanol–water partition coefficient (Wildman–Crippen LogP) is 13.7. The lowest BCUT2D eigenvalue weighted by atomic mass is 9.86. The third-order valence-corrected chi connectivity index (χ3v) is 30.7. The lowest BCUT2D eigenvalue weighted by molar-refractivity contribution is 0.0525. The second-order valence-electron chi connectivity index (χ2n) is 17.6. The fourth-order valence-corrected chi connectivity index (χ4v) is 28.2. The van der Waals surface area contributed by atoms with Gasteiger partial charge in [-0.05, 0) is 114 Å². The molecule has 0 saturated heterocycles. The minimum Gasteiger partial charge on any atom is -0.462 e. The molecule has 0 N–H and O–H groups in total. The van der Waals surface area contributed by atoms with Crippen LogP contribution in [0.25, 0.3) is 0 Å². The van der Waals surface area contributed by atoms with Crippen LogP contribution in [0.2, 0.25) is 25.7 Å². The maximum atomic E-state index is 13.0. The van der Waals surface area contributed by atoms with E-state index in [4.69, 9.17) is 4.74 Å². The van der Waals surface area contributed by atoms with Gasteiger partial charge in [0.2, 0.25) is 0 Å². The fraction of sp³-hybridized carbons (Fsp3) is 0.558. The number of aryl methyl sites for hydroxylation is 1. The Bertz CT molecular complexity index is 1500. The number of rotatable bonds is 15. The number of hydrogen-bond donors (Lipinski definition) is 0. The van der Waals surface area contributed by atoms with E-state index in [-0.39, 0.29) is 16.5 Å². The van der Waals surface area contributed by atoms with Crippen LogP contribution in [0.3, 0.4) is 0 Å². The van der Waals surface area contributed by atoms with Gasteiger partial charge < -0.3 is 4.74 Å². The molecule has 1 fully saturated rings. The second-order valence-corrected chi connectivity index (χ2v) is 35.4. The van der Waals surface area contributed by atoms with E-state index in [1.807, 2.05) is 12.1 Å². The van der Waals surface area contributed by atoms with Crippen molar-refractivity contribution >= 4 is 48.1 Å². The van der Waals surface area contributed by atoms with E-state index in [0.29, 0.717) is 29.7 Å². The largest absolute Gasteiger partial charge is 0.462 e. The number of carbonyl (C=O) groups excluding carboxylic acids is 1. The fourth-order valence-electron chi connectivity index (χ4n) is 7.39. The molecule has 0 bridgehead atoms. The van der Waals surface area contributed by atoms with Crippen molar-refractivity contribution in [1.29, 1.82) is 0 Å².